The Balaban J connectivity index is 1.99. The summed E-state index contributed by atoms with van der Waals surface area (Å²) in [6.07, 6.45) is 6.74. The Morgan fingerprint density at radius 1 is 1.21 bits per heavy atom. The minimum Gasteiger partial charge on any atom is -0.399 e. The number of hydrogen-bond donors (Lipinski definition) is 1. The fourth-order valence-corrected chi connectivity index (χ4v) is 3.21. The first-order valence-corrected chi connectivity index (χ1v) is 7.77. The molecule has 0 aromatic heterocycles. The predicted molar refractivity (Wildman–Crippen MR) is 83.0 cm³/mol. The van der Waals surface area contributed by atoms with E-state index in [1.807, 2.05) is 6.07 Å². The molecular formula is C17H28N2. The minimum absolute atomic E-state index is 0.776. The van der Waals surface area contributed by atoms with Crippen LogP contribution in [0.3, 0.4) is 0 Å². The molecule has 2 heteroatoms. The molecule has 0 saturated heterocycles. The maximum absolute atomic E-state index is 5.89. The van der Waals surface area contributed by atoms with E-state index in [0.717, 1.165) is 24.2 Å². The standard InChI is InChI=1S/C17H28N2/c1-3-11-19(17-9-7-14(2)8-10-17)13-15-5-4-6-16(18)12-15/h4-6,12,14,17H,3,7-11,13,18H2,1-2H3. The summed E-state index contributed by atoms with van der Waals surface area (Å²) in [6, 6.07) is 9.13. The molecule has 2 nitrogen and oxygen atoms in total. The van der Waals surface area contributed by atoms with E-state index in [1.54, 1.807) is 0 Å². The van der Waals surface area contributed by atoms with E-state index in [9.17, 15) is 0 Å². The van der Waals surface area contributed by atoms with Crippen LogP contribution in [0.4, 0.5) is 5.69 Å². The fraction of sp³-hybridized carbons (Fsp3) is 0.647. The number of anilines is 1. The van der Waals surface area contributed by atoms with E-state index in [-0.39, 0.29) is 0 Å². The highest BCUT2D eigenvalue weighted by molar-refractivity contribution is 5.40. The van der Waals surface area contributed by atoms with E-state index in [4.69, 9.17) is 5.73 Å². The summed E-state index contributed by atoms with van der Waals surface area (Å²) in [7, 11) is 0. The lowest BCUT2D eigenvalue weighted by molar-refractivity contribution is 0.132. The van der Waals surface area contributed by atoms with Gasteiger partial charge in [0.15, 0.2) is 0 Å². The van der Waals surface area contributed by atoms with Crippen molar-refractivity contribution in [2.45, 2.75) is 58.5 Å². The van der Waals surface area contributed by atoms with Crippen molar-refractivity contribution in [3.8, 4) is 0 Å². The Hall–Kier alpha value is -1.02. The molecule has 19 heavy (non-hydrogen) atoms. The van der Waals surface area contributed by atoms with Gasteiger partial charge in [-0.05, 0) is 62.3 Å². The van der Waals surface area contributed by atoms with Crippen LogP contribution in [0.5, 0.6) is 0 Å². The molecule has 0 radical (unpaired) electrons. The lowest BCUT2D eigenvalue weighted by atomic mass is 9.86. The molecule has 0 bridgehead atoms. The summed E-state index contributed by atoms with van der Waals surface area (Å²) in [5.74, 6) is 0.923. The van der Waals surface area contributed by atoms with E-state index in [1.165, 1.54) is 44.2 Å². The van der Waals surface area contributed by atoms with Gasteiger partial charge in [0.25, 0.3) is 0 Å². The van der Waals surface area contributed by atoms with Gasteiger partial charge in [-0.2, -0.15) is 0 Å². The molecule has 1 aromatic rings. The summed E-state index contributed by atoms with van der Waals surface area (Å²) in [4.78, 5) is 2.67. The topological polar surface area (TPSA) is 29.3 Å². The SMILES string of the molecule is CCCN(Cc1cccc(N)c1)C1CCC(C)CC1. The maximum Gasteiger partial charge on any atom is 0.0317 e. The highest BCUT2D eigenvalue weighted by atomic mass is 15.1. The molecule has 2 rings (SSSR count). The third-order valence-electron chi connectivity index (χ3n) is 4.35. The second-order valence-corrected chi connectivity index (χ2v) is 6.13. The van der Waals surface area contributed by atoms with Gasteiger partial charge in [0.1, 0.15) is 0 Å². The molecule has 2 N–H and O–H groups in total. The first-order chi connectivity index (χ1) is 9.19. The Bertz CT molecular complexity index is 381. The van der Waals surface area contributed by atoms with Gasteiger partial charge < -0.3 is 5.73 Å². The van der Waals surface area contributed by atoms with Crippen molar-refractivity contribution in [2.75, 3.05) is 12.3 Å². The van der Waals surface area contributed by atoms with Crippen molar-refractivity contribution in [1.29, 1.82) is 0 Å². The van der Waals surface area contributed by atoms with Gasteiger partial charge in [0.05, 0.1) is 0 Å². The maximum atomic E-state index is 5.89. The van der Waals surface area contributed by atoms with Crippen molar-refractivity contribution >= 4 is 5.69 Å². The third-order valence-corrected chi connectivity index (χ3v) is 4.35. The molecule has 0 unspecified atom stereocenters. The molecule has 1 aromatic carbocycles. The Morgan fingerprint density at radius 3 is 2.58 bits per heavy atom. The van der Waals surface area contributed by atoms with Gasteiger partial charge in [-0.3, -0.25) is 4.90 Å². The highest BCUT2D eigenvalue weighted by Crippen LogP contribution is 2.28. The zero-order chi connectivity index (χ0) is 13.7. The molecule has 0 heterocycles. The van der Waals surface area contributed by atoms with Gasteiger partial charge in [0, 0.05) is 18.3 Å². The minimum atomic E-state index is 0.776. The predicted octanol–water partition coefficient (Wildman–Crippen LogP) is 4.06. The van der Waals surface area contributed by atoms with Gasteiger partial charge in [-0.1, -0.05) is 26.0 Å². The van der Waals surface area contributed by atoms with Crippen LogP contribution < -0.4 is 5.73 Å². The van der Waals surface area contributed by atoms with Crippen LogP contribution in [0.25, 0.3) is 0 Å². The molecule has 106 valence electrons. The first kappa shape index (κ1) is 14.4. The normalized spacial score (nSPS) is 23.7. The van der Waals surface area contributed by atoms with Gasteiger partial charge in [-0.25, -0.2) is 0 Å². The summed E-state index contributed by atoms with van der Waals surface area (Å²) in [6.45, 7) is 6.92. The van der Waals surface area contributed by atoms with Crippen molar-refractivity contribution in [3.63, 3.8) is 0 Å². The highest BCUT2D eigenvalue weighted by Gasteiger charge is 2.23. The number of nitrogen functional groups attached to an aromatic ring is 1. The molecular weight excluding hydrogens is 232 g/mol. The summed E-state index contributed by atoms with van der Waals surface area (Å²) in [5.41, 5.74) is 8.12. The number of rotatable bonds is 5. The van der Waals surface area contributed by atoms with Gasteiger partial charge >= 0.3 is 0 Å². The molecule has 1 aliphatic rings. The fourth-order valence-electron chi connectivity index (χ4n) is 3.21. The summed E-state index contributed by atoms with van der Waals surface area (Å²) >= 11 is 0. The smallest absolute Gasteiger partial charge is 0.0317 e. The van der Waals surface area contributed by atoms with Crippen LogP contribution >= 0.6 is 0 Å². The lowest BCUT2D eigenvalue weighted by Gasteiger charge is -2.36. The van der Waals surface area contributed by atoms with Crippen molar-refractivity contribution in [3.05, 3.63) is 29.8 Å². The second kappa shape index (κ2) is 6.95. The molecule has 0 atom stereocenters. The van der Waals surface area contributed by atoms with E-state index in [0.29, 0.717) is 0 Å². The van der Waals surface area contributed by atoms with E-state index in [2.05, 4.69) is 36.9 Å². The summed E-state index contributed by atoms with van der Waals surface area (Å²) < 4.78 is 0. The number of nitrogens with zero attached hydrogens (tertiary/aromatic N) is 1. The monoisotopic (exact) mass is 260 g/mol. The molecule has 1 aliphatic carbocycles. The van der Waals surface area contributed by atoms with Crippen LogP contribution in [0.1, 0.15) is 51.5 Å². The molecule has 1 saturated carbocycles. The van der Waals surface area contributed by atoms with Gasteiger partial charge in [0.2, 0.25) is 0 Å². The van der Waals surface area contributed by atoms with Crippen LogP contribution in [0, 0.1) is 5.92 Å². The molecule has 0 spiro atoms. The quantitative estimate of drug-likeness (QED) is 0.809. The Kier molecular flexibility index (Phi) is 5.26. The Morgan fingerprint density at radius 2 is 1.95 bits per heavy atom. The third kappa shape index (κ3) is 4.24. The molecule has 0 amide bonds. The van der Waals surface area contributed by atoms with E-state index < -0.39 is 0 Å². The number of hydrogen-bond acceptors (Lipinski definition) is 2. The van der Waals surface area contributed by atoms with E-state index >= 15 is 0 Å². The van der Waals surface area contributed by atoms with Gasteiger partial charge in [-0.15, -0.1) is 0 Å². The van der Waals surface area contributed by atoms with Crippen molar-refractivity contribution in [1.82, 2.24) is 4.90 Å². The summed E-state index contributed by atoms with van der Waals surface area (Å²) in [5, 5.41) is 0. The lowest BCUT2D eigenvalue weighted by Crippen LogP contribution is -2.37. The van der Waals surface area contributed by atoms with Crippen LogP contribution in [0.2, 0.25) is 0 Å². The van der Waals surface area contributed by atoms with Crippen molar-refractivity contribution in [2.24, 2.45) is 5.92 Å². The van der Waals surface area contributed by atoms with Crippen molar-refractivity contribution < 1.29 is 0 Å². The number of nitrogens with two attached hydrogens (primary N) is 1. The zero-order valence-electron chi connectivity index (χ0n) is 12.4. The van der Waals surface area contributed by atoms with Crippen LogP contribution in [-0.4, -0.2) is 17.5 Å². The molecule has 0 aliphatic heterocycles. The second-order valence-electron chi connectivity index (χ2n) is 6.13. The first-order valence-electron chi connectivity index (χ1n) is 7.77. The average molecular weight is 260 g/mol. The molecule has 1 fully saturated rings. The number of benzene rings is 1. The average Bonchev–Trinajstić information content (AvgIpc) is 2.39. The Labute approximate surface area is 118 Å². The largest absolute Gasteiger partial charge is 0.399 e. The van der Waals surface area contributed by atoms with Crippen LogP contribution in [0.15, 0.2) is 24.3 Å². The zero-order valence-corrected chi connectivity index (χ0v) is 12.4. The van der Waals surface area contributed by atoms with Crippen LogP contribution in [-0.2, 0) is 6.54 Å².